The fourth-order valence-electron chi connectivity index (χ4n) is 3.45. The van der Waals surface area contributed by atoms with Gasteiger partial charge in [0.05, 0.1) is 0 Å². The molecule has 0 bridgehead atoms. The van der Waals surface area contributed by atoms with E-state index in [9.17, 15) is 13.6 Å². The number of piperazine rings is 1. The fourth-order valence-corrected chi connectivity index (χ4v) is 3.45. The molecule has 4 rings (SSSR count). The van der Waals surface area contributed by atoms with E-state index in [1.807, 2.05) is 29.2 Å². The number of ether oxygens (including phenoxy) is 2. The van der Waals surface area contributed by atoms with Crippen molar-refractivity contribution in [2.45, 2.75) is 12.8 Å². The zero-order chi connectivity index (χ0) is 20.4. The highest BCUT2D eigenvalue weighted by Crippen LogP contribution is 2.33. The van der Waals surface area contributed by atoms with Crippen molar-refractivity contribution in [3.8, 4) is 11.5 Å². The van der Waals surface area contributed by atoms with E-state index >= 15 is 0 Å². The van der Waals surface area contributed by atoms with Crippen molar-refractivity contribution in [2.24, 2.45) is 0 Å². The van der Waals surface area contributed by atoms with Crippen molar-refractivity contribution in [1.29, 1.82) is 0 Å². The minimum atomic E-state index is -2.87. The third-order valence-corrected chi connectivity index (χ3v) is 5.12. The molecule has 1 fully saturated rings. The smallest absolute Gasteiger partial charge is 0.270 e. The van der Waals surface area contributed by atoms with Gasteiger partial charge in [-0.2, -0.15) is 0 Å². The number of amides is 1. The maximum absolute atomic E-state index is 13.6. The Hall–Kier alpha value is -3.09. The number of carbonyl (C=O) groups is 1. The van der Waals surface area contributed by atoms with Gasteiger partial charge in [-0.3, -0.25) is 4.79 Å². The lowest BCUT2D eigenvalue weighted by molar-refractivity contribution is -0.126. The van der Waals surface area contributed by atoms with Crippen LogP contribution in [0.15, 0.2) is 48.5 Å². The number of rotatable bonds is 4. The van der Waals surface area contributed by atoms with Gasteiger partial charge in [-0.25, -0.2) is 8.78 Å². The third kappa shape index (κ3) is 4.34. The van der Waals surface area contributed by atoms with E-state index in [4.69, 9.17) is 9.47 Å². The lowest BCUT2D eigenvalue weighted by Gasteiger charge is -2.36. The molecule has 2 heterocycles. The van der Waals surface area contributed by atoms with Crippen LogP contribution in [0.2, 0.25) is 0 Å². The number of hydrogen-bond acceptors (Lipinski definition) is 4. The molecule has 2 aromatic carbocycles. The molecule has 5 nitrogen and oxygen atoms in total. The van der Waals surface area contributed by atoms with Crippen LogP contribution in [0.1, 0.15) is 18.1 Å². The number of hydrogen-bond donors (Lipinski definition) is 0. The standard InChI is InChI=1S/C22H22F2N2O3/c1-22(23,24)17-3-2-4-18(14-17)25-9-11-26(12-10-25)21(27)8-6-16-5-7-19-20(13-16)29-15-28-19/h2-8,13-14H,9-12,15H2,1H3/b8-6+. The average Bonchev–Trinajstić information content (AvgIpc) is 3.19. The van der Waals surface area contributed by atoms with Crippen LogP contribution in [0.5, 0.6) is 11.5 Å². The van der Waals surface area contributed by atoms with Gasteiger partial charge in [-0.15, -0.1) is 0 Å². The monoisotopic (exact) mass is 400 g/mol. The molecule has 0 N–H and O–H groups in total. The molecule has 0 unspecified atom stereocenters. The van der Waals surface area contributed by atoms with E-state index < -0.39 is 5.92 Å². The summed E-state index contributed by atoms with van der Waals surface area (Å²) in [4.78, 5) is 16.3. The summed E-state index contributed by atoms with van der Waals surface area (Å²) in [6, 6.07) is 12.0. The Labute approximate surface area is 168 Å². The number of carbonyl (C=O) groups excluding carboxylic acids is 1. The molecule has 2 aliphatic heterocycles. The Morgan fingerprint density at radius 2 is 1.79 bits per heavy atom. The zero-order valence-corrected chi connectivity index (χ0v) is 16.1. The Morgan fingerprint density at radius 3 is 2.55 bits per heavy atom. The van der Waals surface area contributed by atoms with Gasteiger partial charge in [0.25, 0.3) is 5.92 Å². The van der Waals surface area contributed by atoms with Gasteiger partial charge in [-0.1, -0.05) is 18.2 Å². The Bertz CT molecular complexity index is 932. The van der Waals surface area contributed by atoms with E-state index in [1.165, 1.54) is 12.1 Å². The average molecular weight is 400 g/mol. The summed E-state index contributed by atoms with van der Waals surface area (Å²) in [7, 11) is 0. The van der Waals surface area contributed by atoms with Crippen LogP contribution in [0, 0.1) is 0 Å². The summed E-state index contributed by atoms with van der Waals surface area (Å²) in [5, 5.41) is 0. The van der Waals surface area contributed by atoms with Crippen molar-refractivity contribution >= 4 is 17.7 Å². The van der Waals surface area contributed by atoms with Crippen LogP contribution in [0.25, 0.3) is 6.08 Å². The summed E-state index contributed by atoms with van der Waals surface area (Å²) in [6.07, 6.45) is 3.30. The lowest BCUT2D eigenvalue weighted by atomic mass is 10.1. The highest BCUT2D eigenvalue weighted by atomic mass is 19.3. The maximum atomic E-state index is 13.6. The Balaban J connectivity index is 1.35. The fraction of sp³-hybridized carbons (Fsp3) is 0.318. The largest absolute Gasteiger partial charge is 0.454 e. The first-order chi connectivity index (χ1) is 13.9. The quantitative estimate of drug-likeness (QED) is 0.731. The highest BCUT2D eigenvalue weighted by molar-refractivity contribution is 5.92. The molecule has 2 aromatic rings. The van der Waals surface area contributed by atoms with E-state index in [-0.39, 0.29) is 18.3 Å². The maximum Gasteiger partial charge on any atom is 0.270 e. The summed E-state index contributed by atoms with van der Waals surface area (Å²) >= 11 is 0. The van der Waals surface area contributed by atoms with Gasteiger partial charge in [0.1, 0.15) is 0 Å². The first kappa shape index (κ1) is 19.2. The van der Waals surface area contributed by atoms with E-state index in [2.05, 4.69) is 0 Å². The number of fused-ring (bicyclic) bond motifs is 1. The summed E-state index contributed by atoms with van der Waals surface area (Å²) in [5.74, 6) is -1.56. The van der Waals surface area contributed by atoms with E-state index in [1.54, 1.807) is 23.1 Å². The normalized spacial score (nSPS) is 16.5. The van der Waals surface area contributed by atoms with Crippen molar-refractivity contribution in [1.82, 2.24) is 4.90 Å². The lowest BCUT2D eigenvalue weighted by Crippen LogP contribution is -2.48. The van der Waals surface area contributed by atoms with Crippen LogP contribution >= 0.6 is 0 Å². The van der Waals surface area contributed by atoms with Crippen molar-refractivity contribution in [2.75, 3.05) is 37.9 Å². The summed E-state index contributed by atoms with van der Waals surface area (Å²) in [5.41, 5.74) is 1.62. The molecule has 152 valence electrons. The SMILES string of the molecule is CC(F)(F)c1cccc(N2CCN(C(=O)/C=C/c3ccc4c(c3)OCO4)CC2)c1. The number of benzene rings is 2. The zero-order valence-electron chi connectivity index (χ0n) is 16.1. The molecular formula is C22H22F2N2O3. The molecule has 0 radical (unpaired) electrons. The van der Waals surface area contributed by atoms with Gasteiger partial charge in [0.15, 0.2) is 11.5 Å². The molecule has 7 heteroatoms. The topological polar surface area (TPSA) is 42.0 Å². The first-order valence-electron chi connectivity index (χ1n) is 9.50. The van der Waals surface area contributed by atoms with Gasteiger partial charge in [0.2, 0.25) is 12.7 Å². The number of nitrogens with zero attached hydrogens (tertiary/aromatic N) is 2. The second kappa shape index (κ2) is 7.73. The second-order valence-corrected chi connectivity index (χ2v) is 7.20. The van der Waals surface area contributed by atoms with Gasteiger partial charge < -0.3 is 19.3 Å². The molecule has 0 spiro atoms. The molecule has 0 aliphatic carbocycles. The molecule has 0 saturated carbocycles. The number of halogens is 2. The molecule has 0 atom stereocenters. The molecule has 29 heavy (non-hydrogen) atoms. The minimum absolute atomic E-state index is 0.000153. The van der Waals surface area contributed by atoms with Gasteiger partial charge >= 0.3 is 0 Å². The van der Waals surface area contributed by atoms with Crippen LogP contribution < -0.4 is 14.4 Å². The van der Waals surface area contributed by atoms with Crippen LogP contribution in [-0.2, 0) is 10.7 Å². The summed E-state index contributed by atoms with van der Waals surface area (Å²) < 4.78 is 37.8. The van der Waals surface area contributed by atoms with Gasteiger partial charge in [-0.05, 0) is 35.9 Å². The van der Waals surface area contributed by atoms with Crippen LogP contribution in [0.4, 0.5) is 14.5 Å². The van der Waals surface area contributed by atoms with E-state index in [0.717, 1.165) is 18.2 Å². The predicted octanol–water partition coefficient (Wildman–Crippen LogP) is 3.89. The van der Waals surface area contributed by atoms with Crippen molar-refractivity contribution in [3.63, 3.8) is 0 Å². The predicted molar refractivity (Wildman–Crippen MR) is 106 cm³/mol. The highest BCUT2D eigenvalue weighted by Gasteiger charge is 2.26. The summed E-state index contributed by atoms with van der Waals surface area (Å²) in [6.45, 7) is 3.39. The molecule has 1 amide bonds. The number of alkyl halides is 2. The van der Waals surface area contributed by atoms with Gasteiger partial charge in [0, 0.05) is 50.4 Å². The van der Waals surface area contributed by atoms with Crippen LogP contribution in [0.3, 0.4) is 0 Å². The third-order valence-electron chi connectivity index (χ3n) is 5.12. The molecular weight excluding hydrogens is 378 g/mol. The van der Waals surface area contributed by atoms with Crippen molar-refractivity contribution < 1.29 is 23.0 Å². The Morgan fingerprint density at radius 1 is 1.03 bits per heavy atom. The molecule has 0 aromatic heterocycles. The molecule has 1 saturated heterocycles. The first-order valence-corrected chi connectivity index (χ1v) is 9.50. The second-order valence-electron chi connectivity index (χ2n) is 7.20. The minimum Gasteiger partial charge on any atom is -0.454 e. The number of anilines is 1. The van der Waals surface area contributed by atoms with E-state index in [0.29, 0.717) is 37.7 Å². The Kier molecular flexibility index (Phi) is 5.13. The van der Waals surface area contributed by atoms with Crippen molar-refractivity contribution in [3.05, 3.63) is 59.7 Å². The molecule has 2 aliphatic rings. The van der Waals surface area contributed by atoms with Crippen LogP contribution in [-0.4, -0.2) is 43.8 Å².